The van der Waals surface area contributed by atoms with Crippen molar-refractivity contribution in [3.8, 4) is 39.1 Å². The fourth-order valence-electron chi connectivity index (χ4n) is 10.4. The van der Waals surface area contributed by atoms with Crippen molar-refractivity contribution in [3.05, 3.63) is 252 Å². The fourth-order valence-corrected chi connectivity index (χ4v) is 10.4. The van der Waals surface area contributed by atoms with Gasteiger partial charge in [-0.15, -0.1) is 0 Å². The van der Waals surface area contributed by atoms with Gasteiger partial charge in [-0.25, -0.2) is 0 Å². The molecule has 12 rings (SSSR count). The zero-order chi connectivity index (χ0) is 42.8. The minimum absolute atomic E-state index is 0.0825. The third-order valence-electron chi connectivity index (χ3n) is 13.7. The highest BCUT2D eigenvalue weighted by atomic mass is 15.1. The van der Waals surface area contributed by atoms with E-state index in [1.165, 1.54) is 71.9 Å². The summed E-state index contributed by atoms with van der Waals surface area (Å²) in [6.45, 7) is 4.74. The molecule has 2 nitrogen and oxygen atoms in total. The maximum atomic E-state index is 2.50. The second-order valence-electron chi connectivity index (χ2n) is 17.7. The molecule has 0 fully saturated rings. The van der Waals surface area contributed by atoms with Crippen LogP contribution in [0.15, 0.2) is 224 Å². The summed E-state index contributed by atoms with van der Waals surface area (Å²) in [4.78, 5) is 2.50. The number of nitrogens with zero attached hydrogens (tertiary/aromatic N) is 2. The number of para-hydroxylation sites is 2. The first-order valence-corrected chi connectivity index (χ1v) is 22.4. The third-order valence-corrected chi connectivity index (χ3v) is 13.7. The number of allylic oxidation sites excluding steroid dienone is 2. The zero-order valence-electron chi connectivity index (χ0n) is 36.0. The summed E-state index contributed by atoms with van der Waals surface area (Å²) in [6.07, 6.45) is 9.26. The molecule has 0 atom stereocenters. The van der Waals surface area contributed by atoms with Crippen LogP contribution < -0.4 is 4.90 Å². The van der Waals surface area contributed by atoms with Crippen LogP contribution >= 0.6 is 0 Å². The molecule has 1 heterocycles. The molecule has 0 radical (unpaired) electrons. The van der Waals surface area contributed by atoms with Crippen LogP contribution in [0.5, 0.6) is 0 Å². The molecule has 64 heavy (non-hydrogen) atoms. The first-order valence-electron chi connectivity index (χ1n) is 22.4. The Morgan fingerprint density at radius 1 is 0.422 bits per heavy atom. The predicted molar refractivity (Wildman–Crippen MR) is 271 cm³/mol. The van der Waals surface area contributed by atoms with Crippen LogP contribution in [0.3, 0.4) is 0 Å². The van der Waals surface area contributed by atoms with Crippen molar-refractivity contribution in [2.75, 3.05) is 4.90 Å². The maximum absolute atomic E-state index is 2.50. The lowest BCUT2D eigenvalue weighted by Gasteiger charge is -2.31. The number of fused-ring (bicyclic) bond motifs is 7. The van der Waals surface area contributed by atoms with E-state index in [-0.39, 0.29) is 11.3 Å². The monoisotopic (exact) mass is 818 g/mol. The van der Waals surface area contributed by atoms with Gasteiger partial charge in [-0.3, -0.25) is 0 Å². The van der Waals surface area contributed by atoms with Gasteiger partial charge >= 0.3 is 0 Å². The van der Waals surface area contributed by atoms with Gasteiger partial charge in [-0.2, -0.15) is 0 Å². The van der Waals surface area contributed by atoms with E-state index >= 15 is 0 Å². The molecule has 1 aromatic heterocycles. The molecular formula is C62H46N2. The minimum atomic E-state index is -0.156. The second-order valence-corrected chi connectivity index (χ2v) is 17.7. The summed E-state index contributed by atoms with van der Waals surface area (Å²) in [7, 11) is 0. The minimum Gasteiger partial charge on any atom is -0.310 e. The first kappa shape index (κ1) is 37.8. The molecule has 0 bridgehead atoms. The Labute approximate surface area is 375 Å². The number of hydrogen-bond acceptors (Lipinski definition) is 1. The molecule has 0 saturated carbocycles. The lowest BCUT2D eigenvalue weighted by atomic mass is 9.82. The topological polar surface area (TPSA) is 8.17 Å². The highest BCUT2D eigenvalue weighted by Gasteiger charge is 2.36. The van der Waals surface area contributed by atoms with Gasteiger partial charge in [0.2, 0.25) is 0 Å². The number of benzene rings is 9. The highest BCUT2D eigenvalue weighted by Crippen LogP contribution is 2.52. The number of aromatic nitrogens is 1. The summed E-state index contributed by atoms with van der Waals surface area (Å²) in [5.41, 5.74) is 20.5. The molecule has 0 amide bonds. The molecule has 2 heteroatoms. The summed E-state index contributed by atoms with van der Waals surface area (Å²) < 4.78 is 2.42. The van der Waals surface area contributed by atoms with Crippen LogP contribution in [-0.4, -0.2) is 4.57 Å². The van der Waals surface area contributed by atoms with Crippen LogP contribution in [0.25, 0.3) is 73.0 Å². The van der Waals surface area contributed by atoms with E-state index < -0.39 is 0 Å². The Hall–Kier alpha value is -7.94. The van der Waals surface area contributed by atoms with Gasteiger partial charge in [0.25, 0.3) is 0 Å². The standard InChI is InChI=1S/C62H46N2/c1-62(2)57-23-13-11-21-53(57)54-38-35-51(41-58(54)62)63(50-33-29-45(30-34-50)42-15-5-3-6-16-42)60-39-47(46-27-25-43-17-9-10-18-44(43)26-28-46)31-36-52(60)48-32-37-56-55-22-12-14-24-59(55)64(61(56)40-48)49-19-7-4-8-20-49/h3-41,46H,1-2H3. The molecule has 0 saturated heterocycles. The lowest BCUT2D eigenvalue weighted by Crippen LogP contribution is -2.17. The van der Waals surface area contributed by atoms with Crippen LogP contribution in [0.1, 0.15) is 47.6 Å². The summed E-state index contributed by atoms with van der Waals surface area (Å²) >= 11 is 0. The van der Waals surface area contributed by atoms with E-state index in [1.54, 1.807) is 0 Å². The van der Waals surface area contributed by atoms with Gasteiger partial charge in [0, 0.05) is 44.7 Å². The van der Waals surface area contributed by atoms with Crippen LogP contribution in [-0.2, 0) is 5.41 Å². The van der Waals surface area contributed by atoms with Gasteiger partial charge in [0.15, 0.2) is 0 Å². The van der Waals surface area contributed by atoms with Gasteiger partial charge in [0.1, 0.15) is 0 Å². The predicted octanol–water partition coefficient (Wildman–Crippen LogP) is 16.7. The Morgan fingerprint density at radius 3 is 1.80 bits per heavy atom. The van der Waals surface area contributed by atoms with Crippen molar-refractivity contribution < 1.29 is 0 Å². The van der Waals surface area contributed by atoms with Crippen molar-refractivity contribution >= 4 is 51.0 Å². The largest absolute Gasteiger partial charge is 0.310 e. The number of anilines is 3. The molecule has 0 unspecified atom stereocenters. The van der Waals surface area contributed by atoms with Crippen molar-refractivity contribution in [3.63, 3.8) is 0 Å². The molecule has 304 valence electrons. The SMILES string of the molecule is CC1(C)c2ccccc2-c2ccc(N(c3ccc(-c4ccccc4)cc3)c3cc(C4C=Cc5ccccc5C=C4)ccc3-c3ccc4c5ccccc5n(-c5ccccc5)c4c3)cc21. The molecule has 0 spiro atoms. The van der Waals surface area contributed by atoms with Crippen LogP contribution in [0, 0.1) is 0 Å². The molecular weight excluding hydrogens is 773 g/mol. The summed E-state index contributed by atoms with van der Waals surface area (Å²) in [5.74, 6) is 0.0825. The number of hydrogen-bond donors (Lipinski definition) is 0. The molecule has 0 N–H and O–H groups in total. The molecule has 2 aliphatic rings. The third kappa shape index (κ3) is 6.25. The molecule has 2 aliphatic carbocycles. The lowest BCUT2D eigenvalue weighted by molar-refractivity contribution is 0.660. The van der Waals surface area contributed by atoms with E-state index in [0.717, 1.165) is 33.9 Å². The Kier molecular flexibility index (Phi) is 8.95. The van der Waals surface area contributed by atoms with Crippen molar-refractivity contribution in [1.29, 1.82) is 0 Å². The Bertz CT molecular complexity index is 3430. The Morgan fingerprint density at radius 2 is 1.02 bits per heavy atom. The highest BCUT2D eigenvalue weighted by molar-refractivity contribution is 6.10. The first-order chi connectivity index (χ1) is 31.5. The fraction of sp³-hybridized carbons (Fsp3) is 0.0645. The average Bonchev–Trinajstić information content (AvgIpc) is 3.68. The number of rotatable bonds is 7. The zero-order valence-corrected chi connectivity index (χ0v) is 36.0. The van der Waals surface area contributed by atoms with Crippen molar-refractivity contribution in [1.82, 2.24) is 4.57 Å². The quantitative estimate of drug-likeness (QED) is 0.156. The van der Waals surface area contributed by atoms with Crippen LogP contribution in [0.2, 0.25) is 0 Å². The van der Waals surface area contributed by atoms with E-state index in [9.17, 15) is 0 Å². The molecule has 9 aromatic carbocycles. The van der Waals surface area contributed by atoms with Crippen LogP contribution in [0.4, 0.5) is 17.1 Å². The van der Waals surface area contributed by atoms with E-state index in [2.05, 4.69) is 260 Å². The molecule has 10 aromatic rings. The normalized spacial score (nSPS) is 13.7. The molecule has 0 aliphatic heterocycles. The Balaban J connectivity index is 1.10. The van der Waals surface area contributed by atoms with Crippen molar-refractivity contribution in [2.45, 2.75) is 25.2 Å². The summed E-state index contributed by atoms with van der Waals surface area (Å²) in [6, 6.07) is 78.2. The van der Waals surface area contributed by atoms with Gasteiger partial charge < -0.3 is 9.47 Å². The second kappa shape index (κ2) is 15.1. The van der Waals surface area contributed by atoms with E-state index in [0.29, 0.717) is 0 Å². The average molecular weight is 819 g/mol. The van der Waals surface area contributed by atoms with E-state index in [4.69, 9.17) is 0 Å². The van der Waals surface area contributed by atoms with E-state index in [1.807, 2.05) is 0 Å². The van der Waals surface area contributed by atoms with Gasteiger partial charge in [0.05, 0.1) is 16.7 Å². The summed E-state index contributed by atoms with van der Waals surface area (Å²) in [5, 5.41) is 2.49. The maximum Gasteiger partial charge on any atom is 0.0547 e. The van der Waals surface area contributed by atoms with Crippen molar-refractivity contribution in [2.24, 2.45) is 0 Å². The smallest absolute Gasteiger partial charge is 0.0547 e. The van der Waals surface area contributed by atoms with Gasteiger partial charge in [-0.1, -0.05) is 196 Å². The van der Waals surface area contributed by atoms with Gasteiger partial charge in [-0.05, 0) is 110 Å².